The largest absolute Gasteiger partial charge is 0.307 e. The number of aromatic nitrogens is 2. The van der Waals surface area contributed by atoms with Gasteiger partial charge in [0, 0.05) is 22.7 Å². The number of hydrogen-bond acceptors (Lipinski definition) is 1. The van der Waals surface area contributed by atoms with Crippen LogP contribution in [-0.4, -0.2) is 9.55 Å². The van der Waals surface area contributed by atoms with Gasteiger partial charge in [-0.3, -0.25) is 4.98 Å². The average Bonchev–Trinajstić information content (AvgIpc) is 3.83. The van der Waals surface area contributed by atoms with Gasteiger partial charge in [0.25, 0.3) is 0 Å². The predicted octanol–water partition coefficient (Wildman–Crippen LogP) is 15.4. The third-order valence-electron chi connectivity index (χ3n) is 12.7. The Morgan fingerprint density at radius 2 is 0.831 bits per heavy atom. The number of rotatable bonds is 4. The highest BCUT2D eigenvalue weighted by Crippen LogP contribution is 2.58. The molecule has 272 valence electrons. The van der Waals surface area contributed by atoms with E-state index in [1.54, 1.807) is 0 Å². The lowest BCUT2D eigenvalue weighted by molar-refractivity contribution is 1.18. The van der Waals surface area contributed by atoms with Gasteiger partial charge in [-0.25, -0.2) is 0 Å². The van der Waals surface area contributed by atoms with Gasteiger partial charge in [0.15, 0.2) is 0 Å². The Hall–Kier alpha value is -7.81. The molecule has 2 heteroatoms. The Balaban J connectivity index is 1.04. The first-order valence-electron chi connectivity index (χ1n) is 20.4. The molecule has 12 aromatic rings. The molecule has 0 saturated carbocycles. The van der Waals surface area contributed by atoms with E-state index in [1.165, 1.54) is 110 Å². The fourth-order valence-corrected chi connectivity index (χ4v) is 10.4. The number of fused-ring (bicyclic) bond motifs is 12. The molecule has 0 aliphatic heterocycles. The maximum absolute atomic E-state index is 5.00. The van der Waals surface area contributed by atoms with Gasteiger partial charge in [-0.05, 0) is 118 Å². The van der Waals surface area contributed by atoms with E-state index in [9.17, 15) is 0 Å². The molecule has 0 radical (unpaired) electrons. The first-order chi connectivity index (χ1) is 29.3. The monoisotopic (exact) mass is 746 g/mol. The van der Waals surface area contributed by atoms with E-state index in [4.69, 9.17) is 4.98 Å². The summed E-state index contributed by atoms with van der Waals surface area (Å²) in [6.07, 6.45) is 1.92. The smallest absolute Gasteiger partial charge is 0.0969 e. The molecule has 13 rings (SSSR count). The second-order valence-corrected chi connectivity index (χ2v) is 15.7. The van der Waals surface area contributed by atoms with Crippen LogP contribution in [0.3, 0.4) is 0 Å². The highest BCUT2D eigenvalue weighted by atomic mass is 15.0. The van der Waals surface area contributed by atoms with E-state index in [1.807, 2.05) is 6.20 Å². The SMILES string of the molecule is c1ccc(-c2c3c(c(-c4ccccc4)c4ccccc24)-c2ccc(-c4ccc(-n5c6cccnc6c6c7ccccc7c7ccccc7c65)cc4)c4cccc-3c24)cc1. The Morgan fingerprint density at radius 1 is 0.305 bits per heavy atom. The molecule has 0 N–H and O–H groups in total. The summed E-state index contributed by atoms with van der Waals surface area (Å²) in [5.74, 6) is 0. The van der Waals surface area contributed by atoms with Gasteiger partial charge in [-0.1, -0.05) is 176 Å². The van der Waals surface area contributed by atoms with Crippen molar-refractivity contribution in [2.45, 2.75) is 0 Å². The summed E-state index contributed by atoms with van der Waals surface area (Å²) < 4.78 is 2.42. The quantitative estimate of drug-likeness (QED) is 0.164. The van der Waals surface area contributed by atoms with Gasteiger partial charge < -0.3 is 4.57 Å². The molecule has 1 aliphatic carbocycles. The average molecular weight is 747 g/mol. The molecule has 0 saturated heterocycles. The first kappa shape index (κ1) is 32.3. The zero-order valence-corrected chi connectivity index (χ0v) is 32.0. The van der Waals surface area contributed by atoms with Crippen LogP contribution in [0.5, 0.6) is 0 Å². The van der Waals surface area contributed by atoms with Crippen LogP contribution in [0.15, 0.2) is 206 Å². The lowest BCUT2D eigenvalue weighted by Gasteiger charge is -2.20. The Morgan fingerprint density at radius 3 is 1.49 bits per heavy atom. The number of benzene rings is 10. The summed E-state index contributed by atoms with van der Waals surface area (Å²) in [4.78, 5) is 5.00. The summed E-state index contributed by atoms with van der Waals surface area (Å²) in [5, 5.41) is 11.3. The minimum Gasteiger partial charge on any atom is -0.307 e. The van der Waals surface area contributed by atoms with E-state index < -0.39 is 0 Å². The maximum atomic E-state index is 5.00. The molecular formula is C57H34N2. The molecule has 10 aromatic carbocycles. The van der Waals surface area contributed by atoms with Gasteiger partial charge in [-0.2, -0.15) is 0 Å². The maximum Gasteiger partial charge on any atom is 0.0969 e. The number of nitrogens with zero attached hydrogens (tertiary/aromatic N) is 2. The van der Waals surface area contributed by atoms with E-state index in [0.29, 0.717) is 0 Å². The van der Waals surface area contributed by atoms with Crippen molar-refractivity contribution < 1.29 is 0 Å². The zero-order chi connectivity index (χ0) is 38.6. The van der Waals surface area contributed by atoms with Crippen molar-refractivity contribution in [1.82, 2.24) is 9.55 Å². The lowest BCUT2D eigenvalue weighted by Crippen LogP contribution is -1.95. The Kier molecular flexibility index (Phi) is 6.76. The Labute approximate surface area is 340 Å². The van der Waals surface area contributed by atoms with Crippen LogP contribution >= 0.6 is 0 Å². The number of hydrogen-bond donors (Lipinski definition) is 0. The summed E-state index contributed by atoms with van der Waals surface area (Å²) in [7, 11) is 0. The van der Waals surface area contributed by atoms with Crippen molar-refractivity contribution >= 4 is 65.0 Å². The molecule has 0 amide bonds. The fourth-order valence-electron chi connectivity index (χ4n) is 10.4. The van der Waals surface area contributed by atoms with E-state index in [-0.39, 0.29) is 0 Å². The first-order valence-corrected chi connectivity index (χ1v) is 20.4. The van der Waals surface area contributed by atoms with Crippen molar-refractivity contribution in [2.24, 2.45) is 0 Å². The second kappa shape index (κ2) is 12.3. The standard InChI is InChI=1S/C57H34N2/c1-3-15-36(16-4-1)50-44-22-10-11-23-45(44)51(37-17-5-2-6-18-37)54-48-33-32-39(42-25-13-26-47(52(42)48)53(50)54)35-28-30-38(31-29-35)59-49-27-14-34-58-56(49)55-43-21-9-7-19-40(43)41-20-8-12-24-46(41)57(55)59/h1-34H. The molecule has 0 unspecified atom stereocenters. The third kappa shape index (κ3) is 4.49. The highest BCUT2D eigenvalue weighted by Gasteiger charge is 2.31. The van der Waals surface area contributed by atoms with E-state index >= 15 is 0 Å². The van der Waals surface area contributed by atoms with Crippen LogP contribution < -0.4 is 0 Å². The molecule has 0 atom stereocenters. The van der Waals surface area contributed by atoms with Crippen LogP contribution in [-0.2, 0) is 0 Å². The Bertz CT molecular complexity index is 3600. The molecule has 2 aromatic heterocycles. The van der Waals surface area contributed by atoms with Crippen LogP contribution in [0.4, 0.5) is 0 Å². The summed E-state index contributed by atoms with van der Waals surface area (Å²) in [5.41, 5.74) is 17.2. The molecule has 0 fully saturated rings. The highest BCUT2D eigenvalue weighted by molar-refractivity contribution is 6.32. The van der Waals surface area contributed by atoms with Gasteiger partial charge in [-0.15, -0.1) is 0 Å². The van der Waals surface area contributed by atoms with Crippen LogP contribution in [0.1, 0.15) is 0 Å². The summed E-state index contributed by atoms with van der Waals surface area (Å²) >= 11 is 0. The van der Waals surface area contributed by atoms with Crippen LogP contribution in [0, 0.1) is 0 Å². The fraction of sp³-hybridized carbons (Fsp3) is 0. The molecule has 1 aliphatic rings. The van der Waals surface area contributed by atoms with Gasteiger partial charge in [0.05, 0.1) is 16.6 Å². The molecule has 2 heterocycles. The molecule has 0 spiro atoms. The van der Waals surface area contributed by atoms with E-state index in [0.717, 1.165) is 16.7 Å². The van der Waals surface area contributed by atoms with Gasteiger partial charge >= 0.3 is 0 Å². The van der Waals surface area contributed by atoms with Gasteiger partial charge in [0.1, 0.15) is 0 Å². The molecule has 59 heavy (non-hydrogen) atoms. The molecule has 2 nitrogen and oxygen atoms in total. The topological polar surface area (TPSA) is 17.8 Å². The second-order valence-electron chi connectivity index (χ2n) is 15.7. The van der Waals surface area contributed by atoms with Crippen molar-refractivity contribution in [3.05, 3.63) is 206 Å². The van der Waals surface area contributed by atoms with E-state index in [2.05, 4.69) is 205 Å². The predicted molar refractivity (Wildman–Crippen MR) is 249 cm³/mol. The third-order valence-corrected chi connectivity index (χ3v) is 12.7. The number of pyridine rings is 1. The van der Waals surface area contributed by atoms with Gasteiger partial charge in [0.2, 0.25) is 0 Å². The van der Waals surface area contributed by atoms with Crippen LogP contribution in [0.2, 0.25) is 0 Å². The van der Waals surface area contributed by atoms with Crippen molar-refractivity contribution in [2.75, 3.05) is 0 Å². The zero-order valence-electron chi connectivity index (χ0n) is 32.0. The van der Waals surface area contributed by atoms with Crippen molar-refractivity contribution in [1.29, 1.82) is 0 Å². The van der Waals surface area contributed by atoms with Crippen LogP contribution in [0.25, 0.3) is 126 Å². The summed E-state index contributed by atoms with van der Waals surface area (Å²) in [6.45, 7) is 0. The summed E-state index contributed by atoms with van der Waals surface area (Å²) in [6, 6.07) is 73.5. The minimum absolute atomic E-state index is 1.03. The normalized spacial score (nSPS) is 12.1. The van der Waals surface area contributed by atoms with Crippen molar-refractivity contribution in [3.8, 4) is 61.3 Å². The lowest BCUT2D eigenvalue weighted by atomic mass is 9.82. The molecular weight excluding hydrogens is 713 g/mol. The molecule has 0 bridgehead atoms. The minimum atomic E-state index is 1.03. The van der Waals surface area contributed by atoms with Crippen molar-refractivity contribution in [3.63, 3.8) is 0 Å².